The Kier molecular flexibility index (Phi) is 5.63. The van der Waals surface area contributed by atoms with Crippen molar-refractivity contribution in [3.8, 4) is 17.2 Å². The molecule has 0 spiro atoms. The van der Waals surface area contributed by atoms with E-state index in [4.69, 9.17) is 15.0 Å². The largest absolute Gasteiger partial charge is 0.378 e. The van der Waals surface area contributed by atoms with Gasteiger partial charge in [-0.25, -0.2) is 9.37 Å². The van der Waals surface area contributed by atoms with Crippen molar-refractivity contribution in [1.29, 1.82) is 5.26 Å². The van der Waals surface area contributed by atoms with Gasteiger partial charge in [0.15, 0.2) is 0 Å². The lowest BCUT2D eigenvalue weighted by molar-refractivity contribution is 0.122. The topological polar surface area (TPSA) is 87.0 Å². The minimum atomic E-state index is -0.506. The van der Waals surface area contributed by atoms with Crippen LogP contribution in [0.3, 0.4) is 0 Å². The highest BCUT2D eigenvalue weighted by Gasteiger charge is 2.19. The van der Waals surface area contributed by atoms with E-state index in [9.17, 15) is 4.39 Å². The average molecular weight is 402 g/mol. The number of aromatic nitrogens is 3. The minimum absolute atomic E-state index is 0.217. The molecule has 0 bridgehead atoms. The van der Waals surface area contributed by atoms with Crippen LogP contribution in [0.5, 0.6) is 0 Å². The van der Waals surface area contributed by atoms with Crippen LogP contribution in [-0.2, 0) is 4.74 Å². The number of hydrogen-bond acceptors (Lipinski definition) is 7. The van der Waals surface area contributed by atoms with Crippen molar-refractivity contribution in [2.24, 2.45) is 0 Å². The first-order valence-electron chi connectivity index (χ1n) is 9.41. The molecular formula is C22H19FN6O. The molecule has 1 saturated heterocycles. The normalized spacial score (nSPS) is 13.5. The Morgan fingerprint density at radius 1 is 1.17 bits per heavy atom. The summed E-state index contributed by atoms with van der Waals surface area (Å²) in [5.41, 5.74) is 3.22. The Balaban J connectivity index is 1.74. The zero-order chi connectivity index (χ0) is 20.9. The number of morpholine rings is 1. The van der Waals surface area contributed by atoms with Gasteiger partial charge in [0.1, 0.15) is 11.6 Å². The number of nitriles is 1. The SMILES string of the molecule is C=Cc1cncc(-c2cnc(Nc3cc(F)cc(C#N)c3)nc2N2CCOCC2)c1. The zero-order valence-corrected chi connectivity index (χ0v) is 16.2. The van der Waals surface area contributed by atoms with Crippen molar-refractivity contribution in [2.75, 3.05) is 36.5 Å². The molecule has 1 aliphatic heterocycles. The van der Waals surface area contributed by atoms with Crippen LogP contribution in [0.2, 0.25) is 0 Å². The first-order valence-corrected chi connectivity index (χ1v) is 9.41. The van der Waals surface area contributed by atoms with Gasteiger partial charge in [-0.15, -0.1) is 0 Å². The lowest BCUT2D eigenvalue weighted by atomic mass is 10.1. The summed E-state index contributed by atoms with van der Waals surface area (Å²) in [6, 6.07) is 7.93. The van der Waals surface area contributed by atoms with Gasteiger partial charge in [0.25, 0.3) is 0 Å². The molecule has 8 heteroatoms. The fourth-order valence-corrected chi connectivity index (χ4v) is 3.23. The van der Waals surface area contributed by atoms with Gasteiger partial charge in [-0.1, -0.05) is 12.7 Å². The van der Waals surface area contributed by atoms with Crippen LogP contribution in [-0.4, -0.2) is 41.3 Å². The van der Waals surface area contributed by atoms with Gasteiger partial charge in [-0.3, -0.25) is 4.98 Å². The highest BCUT2D eigenvalue weighted by Crippen LogP contribution is 2.31. The van der Waals surface area contributed by atoms with Crippen LogP contribution in [0.15, 0.2) is 49.4 Å². The van der Waals surface area contributed by atoms with Gasteiger partial charge in [-0.05, 0) is 29.8 Å². The molecule has 3 heterocycles. The molecule has 0 unspecified atom stereocenters. The lowest BCUT2D eigenvalue weighted by Crippen LogP contribution is -2.37. The quantitative estimate of drug-likeness (QED) is 0.695. The number of ether oxygens (including phenoxy) is 1. The Labute approximate surface area is 173 Å². The molecule has 2 aromatic heterocycles. The molecule has 0 aliphatic carbocycles. The van der Waals surface area contributed by atoms with Gasteiger partial charge >= 0.3 is 0 Å². The van der Waals surface area contributed by atoms with Crippen LogP contribution in [0, 0.1) is 17.1 Å². The summed E-state index contributed by atoms with van der Waals surface area (Å²) in [6.07, 6.45) is 6.94. The summed E-state index contributed by atoms with van der Waals surface area (Å²) < 4.78 is 19.2. The molecule has 4 rings (SSSR count). The fraction of sp³-hybridized carbons (Fsp3) is 0.182. The Morgan fingerprint density at radius 2 is 2.00 bits per heavy atom. The maximum atomic E-state index is 13.8. The summed E-state index contributed by atoms with van der Waals surface area (Å²) in [5.74, 6) is 0.534. The van der Waals surface area contributed by atoms with Gasteiger partial charge in [-0.2, -0.15) is 10.2 Å². The van der Waals surface area contributed by atoms with E-state index in [0.29, 0.717) is 37.9 Å². The molecule has 1 N–H and O–H groups in total. The number of anilines is 3. The predicted octanol–water partition coefficient (Wildman–Crippen LogP) is 3.77. The number of halogens is 1. The number of nitrogens with zero attached hydrogens (tertiary/aromatic N) is 5. The highest BCUT2D eigenvalue weighted by atomic mass is 19.1. The van der Waals surface area contributed by atoms with Gasteiger partial charge in [0.05, 0.1) is 24.8 Å². The summed E-state index contributed by atoms with van der Waals surface area (Å²) >= 11 is 0. The molecule has 1 aromatic carbocycles. The Bertz CT molecular complexity index is 1120. The van der Waals surface area contributed by atoms with E-state index in [1.165, 1.54) is 12.1 Å². The highest BCUT2D eigenvalue weighted by molar-refractivity contribution is 5.77. The van der Waals surface area contributed by atoms with Gasteiger partial charge in [0.2, 0.25) is 5.95 Å². The summed E-state index contributed by atoms with van der Waals surface area (Å²) in [6.45, 7) is 6.39. The number of nitrogens with one attached hydrogen (secondary N) is 1. The van der Waals surface area contributed by atoms with Crippen LogP contribution in [0.25, 0.3) is 17.2 Å². The fourth-order valence-electron chi connectivity index (χ4n) is 3.23. The van der Waals surface area contributed by atoms with E-state index >= 15 is 0 Å². The third-order valence-corrected chi connectivity index (χ3v) is 4.67. The van der Waals surface area contributed by atoms with Crippen molar-refractivity contribution >= 4 is 23.5 Å². The molecule has 0 saturated carbocycles. The van der Waals surface area contributed by atoms with Crippen LogP contribution < -0.4 is 10.2 Å². The Morgan fingerprint density at radius 3 is 2.77 bits per heavy atom. The molecular weight excluding hydrogens is 383 g/mol. The monoisotopic (exact) mass is 402 g/mol. The molecule has 1 fully saturated rings. The van der Waals surface area contributed by atoms with Gasteiger partial charge < -0.3 is 15.0 Å². The standard InChI is InChI=1S/C22H19FN6O/c1-2-15-7-17(13-25-12-15)20-14-26-22(28-21(20)29-3-5-30-6-4-29)27-19-9-16(11-24)8-18(23)10-19/h2,7-10,12-14H,1,3-6H2,(H,26,27,28). The van der Waals surface area contributed by atoms with Gasteiger partial charge in [0, 0.05) is 48.5 Å². The average Bonchev–Trinajstić information content (AvgIpc) is 2.79. The molecule has 30 heavy (non-hydrogen) atoms. The maximum Gasteiger partial charge on any atom is 0.229 e. The molecule has 7 nitrogen and oxygen atoms in total. The second kappa shape index (κ2) is 8.68. The Hall–Kier alpha value is -3.83. The number of pyridine rings is 1. The molecule has 0 atom stereocenters. The predicted molar refractivity (Wildman–Crippen MR) is 113 cm³/mol. The van der Waals surface area contributed by atoms with E-state index in [1.54, 1.807) is 30.7 Å². The molecule has 0 amide bonds. The van der Waals surface area contributed by atoms with Crippen molar-refractivity contribution in [3.05, 3.63) is 66.4 Å². The number of benzene rings is 1. The third-order valence-electron chi connectivity index (χ3n) is 4.67. The lowest BCUT2D eigenvalue weighted by Gasteiger charge is -2.29. The van der Waals surface area contributed by atoms with E-state index in [1.807, 2.05) is 12.1 Å². The smallest absolute Gasteiger partial charge is 0.229 e. The molecule has 3 aromatic rings. The number of rotatable bonds is 5. The van der Waals surface area contributed by atoms with Crippen molar-refractivity contribution in [2.45, 2.75) is 0 Å². The second-order valence-electron chi connectivity index (χ2n) is 6.71. The molecule has 0 radical (unpaired) electrons. The zero-order valence-electron chi connectivity index (χ0n) is 16.2. The van der Waals surface area contributed by atoms with Crippen LogP contribution in [0.1, 0.15) is 11.1 Å². The second-order valence-corrected chi connectivity index (χ2v) is 6.71. The molecule has 150 valence electrons. The first-order chi connectivity index (χ1) is 14.7. The first kappa shape index (κ1) is 19.5. The van der Waals surface area contributed by atoms with E-state index in [0.717, 1.165) is 22.5 Å². The summed E-state index contributed by atoms with van der Waals surface area (Å²) in [7, 11) is 0. The van der Waals surface area contributed by atoms with E-state index in [-0.39, 0.29) is 5.56 Å². The van der Waals surface area contributed by atoms with Crippen LogP contribution >= 0.6 is 0 Å². The van der Waals surface area contributed by atoms with E-state index < -0.39 is 5.82 Å². The van der Waals surface area contributed by atoms with Crippen molar-refractivity contribution in [1.82, 2.24) is 15.0 Å². The van der Waals surface area contributed by atoms with Crippen LogP contribution in [0.4, 0.5) is 21.8 Å². The maximum absolute atomic E-state index is 13.8. The third kappa shape index (κ3) is 4.26. The van der Waals surface area contributed by atoms with E-state index in [2.05, 4.69) is 26.8 Å². The number of hydrogen-bond donors (Lipinski definition) is 1. The summed E-state index contributed by atoms with van der Waals surface area (Å²) in [4.78, 5) is 15.5. The minimum Gasteiger partial charge on any atom is -0.378 e. The van der Waals surface area contributed by atoms with Crippen molar-refractivity contribution in [3.63, 3.8) is 0 Å². The summed E-state index contributed by atoms with van der Waals surface area (Å²) in [5, 5.41) is 12.1. The van der Waals surface area contributed by atoms with Crippen molar-refractivity contribution < 1.29 is 9.13 Å². The molecule has 1 aliphatic rings.